The van der Waals surface area contributed by atoms with Crippen LogP contribution in [0.1, 0.15) is 64.8 Å². The van der Waals surface area contributed by atoms with Crippen molar-refractivity contribution in [1.82, 2.24) is 14.9 Å². The van der Waals surface area contributed by atoms with Crippen molar-refractivity contribution in [3.63, 3.8) is 0 Å². The molecule has 0 radical (unpaired) electrons. The molecule has 5 rings (SSSR count). The number of hydrogen-bond acceptors (Lipinski definition) is 5. The summed E-state index contributed by atoms with van der Waals surface area (Å²) in [6, 6.07) is 4.68. The van der Waals surface area contributed by atoms with Crippen molar-refractivity contribution in [3.05, 3.63) is 51.7 Å². The third-order valence-corrected chi connectivity index (χ3v) is 8.08. The third-order valence-electron chi connectivity index (χ3n) is 6.90. The molecule has 0 unspecified atom stereocenters. The van der Waals surface area contributed by atoms with Gasteiger partial charge in [-0.1, -0.05) is 19.4 Å². The Labute approximate surface area is 207 Å². The van der Waals surface area contributed by atoms with Crippen LogP contribution in [0.4, 0.5) is 19.0 Å². The Morgan fingerprint density at radius 3 is 2.60 bits per heavy atom. The number of piperazine rings is 1. The molecule has 5 nitrogen and oxygen atoms in total. The molecule has 3 aromatic rings. The molecular weight excluding hydrogens is 473 g/mol. The second-order valence-corrected chi connectivity index (χ2v) is 10.4. The first-order valence-corrected chi connectivity index (χ1v) is 13.2. The lowest BCUT2D eigenvalue weighted by Crippen LogP contribution is -2.49. The van der Waals surface area contributed by atoms with Crippen molar-refractivity contribution in [2.24, 2.45) is 0 Å². The predicted octanol–water partition coefficient (Wildman–Crippen LogP) is 5.89. The summed E-state index contributed by atoms with van der Waals surface area (Å²) in [4.78, 5) is 29.3. The lowest BCUT2D eigenvalue weighted by Gasteiger charge is -2.36. The van der Waals surface area contributed by atoms with Crippen LogP contribution in [-0.2, 0) is 25.4 Å². The Balaban J connectivity index is 1.39. The number of halogens is 3. The van der Waals surface area contributed by atoms with E-state index in [0.717, 1.165) is 60.7 Å². The number of aryl methyl sites for hydroxylation is 3. The number of anilines is 1. The summed E-state index contributed by atoms with van der Waals surface area (Å²) in [5, 5.41) is 1.17. The minimum atomic E-state index is -4.47. The SMILES string of the molecule is CCCCc1nc(N2CCN(C(=O)c3cccc(C(F)(F)F)c3)CC2)c2c3c(sc2n1)CCCC3. The van der Waals surface area contributed by atoms with Crippen molar-refractivity contribution >= 4 is 33.3 Å². The van der Waals surface area contributed by atoms with E-state index in [1.54, 1.807) is 16.2 Å². The molecule has 0 spiro atoms. The Morgan fingerprint density at radius 2 is 1.86 bits per heavy atom. The topological polar surface area (TPSA) is 49.3 Å². The molecule has 0 atom stereocenters. The van der Waals surface area contributed by atoms with E-state index in [9.17, 15) is 18.0 Å². The van der Waals surface area contributed by atoms with Crippen LogP contribution in [0.5, 0.6) is 0 Å². The van der Waals surface area contributed by atoms with E-state index in [1.165, 1.54) is 40.8 Å². The molecule has 0 bridgehead atoms. The normalized spacial score (nSPS) is 16.6. The van der Waals surface area contributed by atoms with Gasteiger partial charge in [0, 0.05) is 43.0 Å². The number of unbranched alkanes of at least 4 members (excludes halogenated alkanes) is 1. The van der Waals surface area contributed by atoms with E-state index in [4.69, 9.17) is 9.97 Å². The van der Waals surface area contributed by atoms with Crippen LogP contribution in [0.2, 0.25) is 0 Å². The van der Waals surface area contributed by atoms with Gasteiger partial charge in [0.1, 0.15) is 16.5 Å². The number of rotatable bonds is 5. The molecular formula is C26H29F3N4OS. The van der Waals surface area contributed by atoms with Gasteiger partial charge in [-0.3, -0.25) is 4.79 Å². The number of carbonyl (C=O) groups excluding carboxylic acids is 1. The maximum Gasteiger partial charge on any atom is 0.416 e. The van der Waals surface area contributed by atoms with Crippen LogP contribution in [0.15, 0.2) is 24.3 Å². The summed E-state index contributed by atoms with van der Waals surface area (Å²) in [6.45, 7) is 4.22. The highest BCUT2D eigenvalue weighted by atomic mass is 32.1. The molecule has 9 heteroatoms. The number of fused-ring (bicyclic) bond motifs is 3. The van der Waals surface area contributed by atoms with E-state index < -0.39 is 11.7 Å². The minimum Gasteiger partial charge on any atom is -0.352 e. The zero-order chi connectivity index (χ0) is 24.6. The van der Waals surface area contributed by atoms with Crippen LogP contribution < -0.4 is 4.90 Å². The molecule has 186 valence electrons. The second-order valence-electron chi connectivity index (χ2n) is 9.32. The molecule has 1 fully saturated rings. The number of nitrogens with zero attached hydrogens (tertiary/aromatic N) is 4. The summed E-state index contributed by atoms with van der Waals surface area (Å²) in [6.07, 6.45) is 3.02. The third kappa shape index (κ3) is 4.87. The van der Waals surface area contributed by atoms with Crippen molar-refractivity contribution in [1.29, 1.82) is 0 Å². The Kier molecular flexibility index (Phi) is 6.70. The average Bonchev–Trinajstić information content (AvgIpc) is 3.25. The number of thiophene rings is 1. The molecule has 1 amide bonds. The molecule has 3 heterocycles. The maximum atomic E-state index is 13.1. The van der Waals surface area contributed by atoms with Crippen LogP contribution in [0, 0.1) is 0 Å². The van der Waals surface area contributed by atoms with E-state index in [0.29, 0.717) is 26.2 Å². The van der Waals surface area contributed by atoms with Gasteiger partial charge in [0.25, 0.3) is 5.91 Å². The summed E-state index contributed by atoms with van der Waals surface area (Å²) >= 11 is 1.80. The molecule has 2 aliphatic rings. The van der Waals surface area contributed by atoms with Gasteiger partial charge in [-0.15, -0.1) is 11.3 Å². The Bertz CT molecular complexity index is 1230. The molecule has 1 saturated heterocycles. The smallest absolute Gasteiger partial charge is 0.352 e. The number of amides is 1. The van der Waals surface area contributed by atoms with Gasteiger partial charge >= 0.3 is 6.18 Å². The van der Waals surface area contributed by atoms with Gasteiger partial charge < -0.3 is 9.80 Å². The van der Waals surface area contributed by atoms with Crippen LogP contribution in [0.3, 0.4) is 0 Å². The van der Waals surface area contributed by atoms with Crippen molar-refractivity contribution in [2.45, 2.75) is 58.0 Å². The fourth-order valence-electron chi connectivity index (χ4n) is 4.99. The fraction of sp³-hybridized carbons (Fsp3) is 0.500. The van der Waals surface area contributed by atoms with Gasteiger partial charge in [0.15, 0.2) is 0 Å². The highest BCUT2D eigenvalue weighted by molar-refractivity contribution is 7.19. The number of alkyl halides is 3. The standard InChI is InChI=1S/C26H29F3N4OS/c1-2-3-11-21-30-23(22-19-9-4-5-10-20(19)35-24(22)31-21)32-12-14-33(15-13-32)25(34)17-7-6-8-18(16-17)26(27,28)29/h6-8,16H,2-5,9-15H2,1H3. The number of aromatic nitrogens is 2. The van der Waals surface area contributed by atoms with Crippen LogP contribution in [-0.4, -0.2) is 47.0 Å². The molecule has 0 saturated carbocycles. The van der Waals surface area contributed by atoms with E-state index >= 15 is 0 Å². The van der Waals surface area contributed by atoms with Gasteiger partial charge in [0.2, 0.25) is 0 Å². The van der Waals surface area contributed by atoms with Crippen LogP contribution in [0.25, 0.3) is 10.2 Å². The molecule has 2 aromatic heterocycles. The first kappa shape index (κ1) is 24.0. The Hall–Kier alpha value is -2.68. The van der Waals surface area contributed by atoms with Gasteiger partial charge in [-0.25, -0.2) is 9.97 Å². The van der Waals surface area contributed by atoms with Gasteiger partial charge in [0.05, 0.1) is 10.9 Å². The largest absolute Gasteiger partial charge is 0.416 e. The average molecular weight is 503 g/mol. The van der Waals surface area contributed by atoms with Crippen molar-refractivity contribution in [2.75, 3.05) is 31.1 Å². The summed E-state index contributed by atoms with van der Waals surface area (Å²) in [5.41, 5.74) is 0.662. The van der Waals surface area contributed by atoms with E-state index in [-0.39, 0.29) is 11.5 Å². The lowest BCUT2D eigenvalue weighted by atomic mass is 9.96. The molecule has 0 N–H and O–H groups in total. The zero-order valence-electron chi connectivity index (χ0n) is 19.8. The first-order chi connectivity index (χ1) is 16.8. The second kappa shape index (κ2) is 9.76. The highest BCUT2D eigenvalue weighted by Gasteiger charge is 2.32. The minimum absolute atomic E-state index is 0.0754. The summed E-state index contributed by atoms with van der Waals surface area (Å²) in [7, 11) is 0. The lowest BCUT2D eigenvalue weighted by molar-refractivity contribution is -0.137. The quantitative estimate of drug-likeness (QED) is 0.436. The van der Waals surface area contributed by atoms with E-state index in [1.807, 2.05) is 0 Å². The summed E-state index contributed by atoms with van der Waals surface area (Å²) in [5.74, 6) is 1.47. The van der Waals surface area contributed by atoms with Crippen molar-refractivity contribution < 1.29 is 18.0 Å². The highest BCUT2D eigenvalue weighted by Crippen LogP contribution is 2.40. The van der Waals surface area contributed by atoms with Crippen LogP contribution >= 0.6 is 11.3 Å². The maximum absolute atomic E-state index is 13.1. The van der Waals surface area contributed by atoms with Gasteiger partial charge in [-0.2, -0.15) is 13.2 Å². The molecule has 1 aliphatic heterocycles. The Morgan fingerprint density at radius 1 is 1.09 bits per heavy atom. The number of carbonyl (C=O) groups is 1. The van der Waals surface area contributed by atoms with Gasteiger partial charge in [-0.05, 0) is 55.9 Å². The number of benzene rings is 1. The molecule has 1 aromatic carbocycles. The predicted molar refractivity (Wildman–Crippen MR) is 132 cm³/mol. The fourth-order valence-corrected chi connectivity index (χ4v) is 6.26. The van der Waals surface area contributed by atoms with Crippen molar-refractivity contribution in [3.8, 4) is 0 Å². The molecule has 1 aliphatic carbocycles. The monoisotopic (exact) mass is 502 g/mol. The molecule has 35 heavy (non-hydrogen) atoms. The summed E-state index contributed by atoms with van der Waals surface area (Å²) < 4.78 is 39.3. The zero-order valence-corrected chi connectivity index (χ0v) is 20.6. The first-order valence-electron chi connectivity index (χ1n) is 12.4. The number of hydrogen-bond donors (Lipinski definition) is 0. The van der Waals surface area contributed by atoms with E-state index in [2.05, 4.69) is 11.8 Å².